The smallest absolute Gasteiger partial charge is 0.243 e. The maximum Gasteiger partial charge on any atom is 0.243 e. The van der Waals surface area contributed by atoms with Gasteiger partial charge in [-0.2, -0.15) is 4.31 Å². The number of amides is 1. The Morgan fingerprint density at radius 2 is 1.68 bits per heavy atom. The van der Waals surface area contributed by atoms with E-state index in [4.69, 9.17) is 4.74 Å². The van der Waals surface area contributed by atoms with Gasteiger partial charge in [-0.25, -0.2) is 8.42 Å². The highest BCUT2D eigenvalue weighted by molar-refractivity contribution is 7.89. The molecule has 4 rings (SSSR count). The number of carbonyl (C=O) groups excluding carboxylic acids is 1. The second-order valence-corrected chi connectivity index (χ2v) is 9.30. The van der Waals surface area contributed by atoms with Crippen molar-refractivity contribution in [2.45, 2.75) is 18.2 Å². The number of para-hydroxylation sites is 1. The van der Waals surface area contributed by atoms with Crippen molar-refractivity contribution in [1.29, 1.82) is 0 Å². The monoisotopic (exact) mass is 400 g/mol. The quantitative estimate of drug-likeness (QED) is 0.791. The molecule has 7 heteroatoms. The Balaban J connectivity index is 1.39. The summed E-state index contributed by atoms with van der Waals surface area (Å²) >= 11 is 0. The van der Waals surface area contributed by atoms with Gasteiger partial charge in [0.05, 0.1) is 10.8 Å². The number of aryl methyl sites for hydroxylation is 1. The average Bonchev–Trinajstić information content (AvgIpc) is 2.73. The van der Waals surface area contributed by atoms with Crippen molar-refractivity contribution in [2.75, 3.05) is 32.8 Å². The summed E-state index contributed by atoms with van der Waals surface area (Å²) in [6.45, 7) is 3.73. The minimum absolute atomic E-state index is 0.0434. The fourth-order valence-electron chi connectivity index (χ4n) is 3.75. The van der Waals surface area contributed by atoms with Gasteiger partial charge in [0, 0.05) is 26.2 Å². The molecule has 0 bridgehead atoms. The number of rotatable bonds is 3. The number of carbonyl (C=O) groups is 1. The van der Waals surface area contributed by atoms with Crippen LogP contribution in [-0.4, -0.2) is 56.3 Å². The lowest BCUT2D eigenvalue weighted by Gasteiger charge is -2.36. The minimum atomic E-state index is -3.52. The summed E-state index contributed by atoms with van der Waals surface area (Å²) < 4.78 is 32.8. The third kappa shape index (κ3) is 3.64. The van der Waals surface area contributed by atoms with E-state index in [0.717, 1.165) is 16.9 Å². The molecule has 1 atom stereocenters. The highest BCUT2D eigenvalue weighted by atomic mass is 32.2. The highest BCUT2D eigenvalue weighted by Gasteiger charge is 2.34. The van der Waals surface area contributed by atoms with E-state index in [-0.39, 0.29) is 11.8 Å². The number of piperazine rings is 1. The molecule has 6 nitrogen and oxygen atoms in total. The van der Waals surface area contributed by atoms with Gasteiger partial charge in [0.15, 0.2) is 0 Å². The van der Waals surface area contributed by atoms with Crippen molar-refractivity contribution in [2.24, 2.45) is 5.92 Å². The van der Waals surface area contributed by atoms with Gasteiger partial charge >= 0.3 is 0 Å². The van der Waals surface area contributed by atoms with E-state index in [1.54, 1.807) is 29.2 Å². The lowest BCUT2D eigenvalue weighted by molar-refractivity contribution is -0.138. The molecule has 0 spiro atoms. The van der Waals surface area contributed by atoms with E-state index in [9.17, 15) is 13.2 Å². The van der Waals surface area contributed by atoms with Crippen molar-refractivity contribution >= 4 is 15.9 Å². The van der Waals surface area contributed by atoms with E-state index >= 15 is 0 Å². The third-order valence-corrected chi connectivity index (χ3v) is 7.35. The number of fused-ring (bicyclic) bond motifs is 1. The molecule has 148 valence electrons. The normalized spacial score (nSPS) is 20.3. The average molecular weight is 401 g/mol. The predicted octanol–water partition coefficient (Wildman–Crippen LogP) is 2.08. The lowest BCUT2D eigenvalue weighted by Crippen LogP contribution is -2.52. The van der Waals surface area contributed by atoms with Crippen LogP contribution in [0.5, 0.6) is 5.75 Å². The van der Waals surface area contributed by atoms with Crippen LogP contribution in [0, 0.1) is 12.8 Å². The van der Waals surface area contributed by atoms with Gasteiger partial charge in [-0.15, -0.1) is 0 Å². The van der Waals surface area contributed by atoms with Crippen LogP contribution >= 0.6 is 0 Å². The molecule has 2 aliphatic rings. The van der Waals surface area contributed by atoms with Crippen molar-refractivity contribution in [3.63, 3.8) is 0 Å². The zero-order chi connectivity index (χ0) is 19.7. The molecular weight excluding hydrogens is 376 g/mol. The standard InChI is InChI=1S/C21H24N2O4S/c1-16-6-8-19(9-7-16)28(25,26)23-12-10-22(11-13-23)21(24)18-14-17-4-2-3-5-20(17)27-15-18/h2-9,18H,10-15H2,1H3. The molecule has 0 radical (unpaired) electrons. The molecule has 2 aromatic rings. The zero-order valence-electron chi connectivity index (χ0n) is 15.9. The summed E-state index contributed by atoms with van der Waals surface area (Å²) in [5.74, 6) is 0.678. The maximum atomic E-state index is 12.9. The number of nitrogens with zero attached hydrogens (tertiary/aromatic N) is 2. The van der Waals surface area contributed by atoms with E-state index < -0.39 is 10.0 Å². The van der Waals surface area contributed by atoms with Gasteiger partial charge in [0.1, 0.15) is 12.4 Å². The van der Waals surface area contributed by atoms with Crippen molar-refractivity contribution in [3.05, 3.63) is 59.7 Å². The van der Waals surface area contributed by atoms with Crippen LogP contribution in [0.4, 0.5) is 0 Å². The van der Waals surface area contributed by atoms with Crippen LogP contribution in [0.15, 0.2) is 53.4 Å². The number of benzene rings is 2. The summed E-state index contributed by atoms with van der Waals surface area (Å²) in [6.07, 6.45) is 0.664. The van der Waals surface area contributed by atoms with Crippen LogP contribution in [0.1, 0.15) is 11.1 Å². The topological polar surface area (TPSA) is 66.9 Å². The largest absolute Gasteiger partial charge is 0.492 e. The molecular formula is C21H24N2O4S. The highest BCUT2D eigenvalue weighted by Crippen LogP contribution is 2.28. The van der Waals surface area contributed by atoms with Gasteiger partial charge < -0.3 is 9.64 Å². The summed E-state index contributed by atoms with van der Waals surface area (Å²) in [5.41, 5.74) is 2.07. The van der Waals surface area contributed by atoms with E-state index in [2.05, 4.69) is 0 Å². The van der Waals surface area contributed by atoms with Crippen LogP contribution in [0.2, 0.25) is 0 Å². The Morgan fingerprint density at radius 3 is 2.39 bits per heavy atom. The van der Waals surface area contributed by atoms with Crippen LogP contribution < -0.4 is 4.74 Å². The van der Waals surface area contributed by atoms with E-state index in [1.807, 2.05) is 31.2 Å². The van der Waals surface area contributed by atoms with Crippen LogP contribution in [0.3, 0.4) is 0 Å². The molecule has 0 N–H and O–H groups in total. The number of sulfonamides is 1. The van der Waals surface area contributed by atoms with Crippen LogP contribution in [0.25, 0.3) is 0 Å². The Bertz CT molecular complexity index is 964. The lowest BCUT2D eigenvalue weighted by atomic mass is 9.95. The summed E-state index contributed by atoms with van der Waals surface area (Å²) in [7, 11) is -3.52. The van der Waals surface area contributed by atoms with Gasteiger partial charge in [0.2, 0.25) is 15.9 Å². The third-order valence-electron chi connectivity index (χ3n) is 5.44. The van der Waals surface area contributed by atoms with E-state index in [0.29, 0.717) is 44.1 Å². The molecule has 2 heterocycles. The molecule has 1 amide bonds. The predicted molar refractivity (Wildman–Crippen MR) is 106 cm³/mol. The summed E-state index contributed by atoms with van der Waals surface area (Å²) in [4.78, 5) is 15.0. The Hall–Kier alpha value is -2.38. The summed E-state index contributed by atoms with van der Waals surface area (Å²) in [6, 6.07) is 14.7. The number of hydrogen-bond acceptors (Lipinski definition) is 4. The molecule has 0 aromatic heterocycles. The molecule has 2 aliphatic heterocycles. The molecule has 0 aliphatic carbocycles. The second-order valence-electron chi connectivity index (χ2n) is 7.36. The molecule has 0 saturated carbocycles. The Labute approximate surface area is 165 Å². The molecule has 1 unspecified atom stereocenters. The Morgan fingerprint density at radius 1 is 1.00 bits per heavy atom. The Kier molecular flexibility index (Phi) is 5.12. The first-order valence-corrected chi connectivity index (χ1v) is 11.0. The molecule has 1 fully saturated rings. The van der Waals surface area contributed by atoms with Crippen molar-refractivity contribution < 1.29 is 17.9 Å². The first-order valence-electron chi connectivity index (χ1n) is 9.51. The van der Waals surface area contributed by atoms with Gasteiger partial charge in [-0.1, -0.05) is 35.9 Å². The first kappa shape index (κ1) is 19.0. The van der Waals surface area contributed by atoms with Crippen molar-refractivity contribution in [3.8, 4) is 5.75 Å². The first-order chi connectivity index (χ1) is 13.4. The second kappa shape index (κ2) is 7.56. The van der Waals surface area contributed by atoms with Gasteiger partial charge in [-0.05, 0) is 37.1 Å². The molecule has 1 saturated heterocycles. The zero-order valence-corrected chi connectivity index (χ0v) is 16.7. The summed E-state index contributed by atoms with van der Waals surface area (Å²) in [5, 5.41) is 0. The van der Waals surface area contributed by atoms with Gasteiger partial charge in [0.25, 0.3) is 0 Å². The fraction of sp³-hybridized carbons (Fsp3) is 0.381. The van der Waals surface area contributed by atoms with Crippen LogP contribution in [-0.2, 0) is 21.2 Å². The minimum Gasteiger partial charge on any atom is -0.492 e. The SMILES string of the molecule is Cc1ccc(S(=O)(=O)N2CCN(C(=O)C3COc4ccccc4C3)CC2)cc1. The fourth-order valence-corrected chi connectivity index (χ4v) is 5.18. The number of ether oxygens (including phenoxy) is 1. The molecule has 2 aromatic carbocycles. The number of hydrogen-bond donors (Lipinski definition) is 0. The van der Waals surface area contributed by atoms with Crippen molar-refractivity contribution in [1.82, 2.24) is 9.21 Å². The maximum absolute atomic E-state index is 12.9. The van der Waals surface area contributed by atoms with Gasteiger partial charge in [-0.3, -0.25) is 4.79 Å². The van der Waals surface area contributed by atoms with E-state index in [1.165, 1.54) is 4.31 Å². The molecule has 28 heavy (non-hydrogen) atoms.